The zero-order valence-corrected chi connectivity index (χ0v) is 15.4. The molecule has 1 aliphatic heterocycles. The summed E-state index contributed by atoms with van der Waals surface area (Å²) in [6.45, 7) is 2.23. The molecule has 2 aromatic rings. The molecule has 1 saturated heterocycles. The molecular formula is C20H21F2N3O3. The third-order valence-electron chi connectivity index (χ3n) is 5.17. The normalized spacial score (nSPS) is 17.1. The van der Waals surface area contributed by atoms with Crippen LogP contribution in [0.15, 0.2) is 28.8 Å². The highest BCUT2D eigenvalue weighted by Crippen LogP contribution is 2.31. The van der Waals surface area contributed by atoms with Crippen LogP contribution in [0.5, 0.6) is 0 Å². The van der Waals surface area contributed by atoms with Gasteiger partial charge in [0.05, 0.1) is 11.8 Å². The molecule has 0 atom stereocenters. The van der Waals surface area contributed by atoms with Crippen LogP contribution in [0.1, 0.15) is 25.2 Å². The number of hydrogen-bond donors (Lipinski definition) is 0. The van der Waals surface area contributed by atoms with Gasteiger partial charge >= 0.3 is 0 Å². The molecule has 28 heavy (non-hydrogen) atoms. The average Bonchev–Trinajstić information content (AvgIpc) is 3.44. The molecule has 1 aliphatic carbocycles. The Balaban J connectivity index is 1.28. The number of aryl methyl sites for hydroxylation is 1. The van der Waals surface area contributed by atoms with Crippen LogP contribution >= 0.6 is 0 Å². The van der Waals surface area contributed by atoms with E-state index in [1.54, 1.807) is 4.90 Å². The van der Waals surface area contributed by atoms with Crippen LogP contribution < -0.4 is 0 Å². The van der Waals surface area contributed by atoms with E-state index >= 15 is 0 Å². The molecule has 6 nitrogen and oxygen atoms in total. The Kier molecular flexibility index (Phi) is 5.11. The molecule has 1 aromatic carbocycles. The monoisotopic (exact) mass is 389 g/mol. The number of piperazine rings is 1. The first-order valence-corrected chi connectivity index (χ1v) is 9.48. The van der Waals surface area contributed by atoms with Crippen LogP contribution in [0.4, 0.5) is 8.78 Å². The second kappa shape index (κ2) is 7.69. The van der Waals surface area contributed by atoms with Crippen molar-refractivity contribution < 1.29 is 22.8 Å². The Bertz CT molecular complexity index is 887. The lowest BCUT2D eigenvalue weighted by Gasteiger charge is -2.35. The van der Waals surface area contributed by atoms with Crippen LogP contribution in [-0.2, 0) is 16.0 Å². The number of amides is 2. The van der Waals surface area contributed by atoms with E-state index in [0.29, 0.717) is 38.5 Å². The molecule has 1 saturated carbocycles. The van der Waals surface area contributed by atoms with Gasteiger partial charge in [-0.3, -0.25) is 9.59 Å². The molecule has 2 heterocycles. The van der Waals surface area contributed by atoms with Gasteiger partial charge in [-0.15, -0.1) is 0 Å². The maximum absolute atomic E-state index is 13.8. The molecule has 2 amide bonds. The van der Waals surface area contributed by atoms with Crippen molar-refractivity contribution in [3.05, 3.63) is 41.9 Å². The second-order valence-corrected chi connectivity index (χ2v) is 7.22. The first kappa shape index (κ1) is 18.6. The van der Waals surface area contributed by atoms with E-state index in [1.807, 2.05) is 4.90 Å². The van der Waals surface area contributed by atoms with E-state index in [4.69, 9.17) is 4.42 Å². The largest absolute Gasteiger partial charge is 0.441 e. The average molecular weight is 389 g/mol. The third-order valence-corrected chi connectivity index (χ3v) is 5.17. The van der Waals surface area contributed by atoms with Gasteiger partial charge in [0.15, 0.2) is 11.7 Å². The fourth-order valence-corrected chi connectivity index (χ4v) is 3.38. The van der Waals surface area contributed by atoms with Crippen molar-refractivity contribution in [2.75, 3.05) is 26.2 Å². The molecule has 0 bridgehead atoms. The molecule has 0 spiro atoms. The number of carbonyl (C=O) groups is 2. The number of rotatable bonds is 5. The van der Waals surface area contributed by atoms with E-state index in [2.05, 4.69) is 4.98 Å². The zero-order valence-electron chi connectivity index (χ0n) is 15.4. The van der Waals surface area contributed by atoms with Crippen molar-refractivity contribution in [3.63, 3.8) is 0 Å². The summed E-state index contributed by atoms with van der Waals surface area (Å²) in [5.74, 6) is -0.462. The van der Waals surface area contributed by atoms with E-state index in [1.165, 1.54) is 12.3 Å². The summed E-state index contributed by atoms with van der Waals surface area (Å²) in [7, 11) is 0. The fourth-order valence-electron chi connectivity index (χ4n) is 3.38. The SMILES string of the molecule is O=C(CCc1ncc(-c2ccc(F)cc2F)o1)N1CCN(C(=O)C2CC2)CC1. The molecule has 2 fully saturated rings. The van der Waals surface area contributed by atoms with Crippen LogP contribution in [0.2, 0.25) is 0 Å². The minimum absolute atomic E-state index is 0.0220. The second-order valence-electron chi connectivity index (χ2n) is 7.22. The summed E-state index contributed by atoms with van der Waals surface area (Å²) in [6.07, 6.45) is 3.86. The lowest BCUT2D eigenvalue weighted by molar-refractivity contribution is -0.140. The number of hydrogen-bond acceptors (Lipinski definition) is 4. The highest BCUT2D eigenvalue weighted by Gasteiger charge is 2.35. The van der Waals surface area contributed by atoms with Gasteiger partial charge in [-0.2, -0.15) is 0 Å². The Labute approximate surface area is 161 Å². The third kappa shape index (κ3) is 4.05. The number of benzene rings is 1. The Morgan fingerprint density at radius 3 is 2.50 bits per heavy atom. The summed E-state index contributed by atoms with van der Waals surface area (Å²) < 4.78 is 32.4. The van der Waals surface area contributed by atoms with Gasteiger partial charge in [0.25, 0.3) is 0 Å². The summed E-state index contributed by atoms with van der Waals surface area (Å²) in [4.78, 5) is 32.2. The maximum atomic E-state index is 13.8. The number of aromatic nitrogens is 1. The van der Waals surface area contributed by atoms with Crippen LogP contribution in [-0.4, -0.2) is 52.8 Å². The lowest BCUT2D eigenvalue weighted by atomic mass is 10.2. The Morgan fingerprint density at radius 1 is 1.11 bits per heavy atom. The quantitative estimate of drug-likeness (QED) is 0.789. The molecular weight excluding hydrogens is 368 g/mol. The number of carbonyl (C=O) groups excluding carboxylic acids is 2. The molecule has 0 N–H and O–H groups in total. The van der Waals surface area contributed by atoms with Gasteiger partial charge in [-0.05, 0) is 25.0 Å². The minimum Gasteiger partial charge on any atom is -0.441 e. The van der Waals surface area contributed by atoms with E-state index in [9.17, 15) is 18.4 Å². The summed E-state index contributed by atoms with van der Waals surface area (Å²) >= 11 is 0. The molecule has 1 aromatic heterocycles. The zero-order chi connectivity index (χ0) is 19.7. The van der Waals surface area contributed by atoms with Crippen molar-refractivity contribution >= 4 is 11.8 Å². The van der Waals surface area contributed by atoms with Crippen molar-refractivity contribution in [3.8, 4) is 11.3 Å². The van der Waals surface area contributed by atoms with E-state index in [0.717, 1.165) is 25.0 Å². The highest BCUT2D eigenvalue weighted by atomic mass is 19.1. The van der Waals surface area contributed by atoms with Crippen LogP contribution in [0.25, 0.3) is 11.3 Å². The predicted octanol–water partition coefficient (Wildman–Crippen LogP) is 2.63. The van der Waals surface area contributed by atoms with Crippen molar-refractivity contribution in [1.29, 1.82) is 0 Å². The summed E-state index contributed by atoms with van der Waals surface area (Å²) in [6, 6.07) is 3.23. The van der Waals surface area contributed by atoms with Crippen LogP contribution in [0.3, 0.4) is 0 Å². The van der Waals surface area contributed by atoms with Crippen molar-refractivity contribution in [2.24, 2.45) is 5.92 Å². The molecule has 0 radical (unpaired) electrons. The first-order chi connectivity index (χ1) is 13.5. The van der Waals surface area contributed by atoms with E-state index in [-0.39, 0.29) is 35.5 Å². The molecule has 148 valence electrons. The van der Waals surface area contributed by atoms with Crippen LogP contribution in [0, 0.1) is 17.6 Å². The van der Waals surface area contributed by atoms with Crippen molar-refractivity contribution in [2.45, 2.75) is 25.7 Å². The summed E-state index contributed by atoms with van der Waals surface area (Å²) in [5, 5.41) is 0. The van der Waals surface area contributed by atoms with Gasteiger partial charge < -0.3 is 14.2 Å². The standard InChI is InChI=1S/C20H21F2N3O3/c21-14-3-4-15(16(22)11-14)17-12-23-18(28-17)5-6-19(26)24-7-9-25(10-8-24)20(27)13-1-2-13/h3-4,11-13H,1-2,5-10H2. The molecule has 0 unspecified atom stereocenters. The highest BCUT2D eigenvalue weighted by molar-refractivity contribution is 5.82. The molecule has 4 rings (SSSR count). The number of nitrogens with zero attached hydrogens (tertiary/aromatic N) is 3. The van der Waals surface area contributed by atoms with Gasteiger partial charge in [-0.1, -0.05) is 0 Å². The van der Waals surface area contributed by atoms with Gasteiger partial charge in [0, 0.05) is 51.0 Å². The lowest BCUT2D eigenvalue weighted by Crippen LogP contribution is -2.51. The first-order valence-electron chi connectivity index (χ1n) is 9.48. The Hall–Kier alpha value is -2.77. The number of oxazole rings is 1. The number of halogens is 2. The smallest absolute Gasteiger partial charge is 0.225 e. The van der Waals surface area contributed by atoms with Gasteiger partial charge in [-0.25, -0.2) is 13.8 Å². The topological polar surface area (TPSA) is 66.7 Å². The van der Waals surface area contributed by atoms with E-state index < -0.39 is 11.6 Å². The van der Waals surface area contributed by atoms with Crippen molar-refractivity contribution in [1.82, 2.24) is 14.8 Å². The minimum atomic E-state index is -0.725. The predicted molar refractivity (Wildman–Crippen MR) is 96.1 cm³/mol. The van der Waals surface area contributed by atoms with Gasteiger partial charge in [0.1, 0.15) is 11.6 Å². The molecule has 8 heteroatoms. The van der Waals surface area contributed by atoms with Gasteiger partial charge in [0.2, 0.25) is 11.8 Å². The fraction of sp³-hybridized carbons (Fsp3) is 0.450. The maximum Gasteiger partial charge on any atom is 0.225 e. The summed E-state index contributed by atoms with van der Waals surface area (Å²) in [5.41, 5.74) is 0.128. The molecule has 2 aliphatic rings. The Morgan fingerprint density at radius 2 is 1.82 bits per heavy atom.